The number of halogens is 9. The minimum Gasteiger partial charge on any atom is -0.472 e. The van der Waals surface area contributed by atoms with Gasteiger partial charge in [-0.15, -0.1) is 0 Å². The number of benzene rings is 3. The predicted octanol–water partition coefficient (Wildman–Crippen LogP) is 11.2. The van der Waals surface area contributed by atoms with Gasteiger partial charge in [-0.3, -0.25) is 14.7 Å². The molecule has 3 unspecified atom stereocenters. The van der Waals surface area contributed by atoms with E-state index >= 15 is 0 Å². The Morgan fingerprint density at radius 2 is 0.822 bits per heavy atom. The van der Waals surface area contributed by atoms with Gasteiger partial charge in [-0.1, -0.05) is 0 Å². The van der Waals surface area contributed by atoms with E-state index < -0.39 is 52.4 Å². The van der Waals surface area contributed by atoms with Gasteiger partial charge in [-0.05, 0) is 115 Å². The Labute approximate surface area is 421 Å². The standard InChI is InChI=1S/C18H20F3N3O.C18H19F3N2O.C18H19F3N2S/c1-9-23-17-7-24(8-18(17)25-9)10-2-3-11(16(22)4-10)12-5-14(20)15(21)6-13(12)19;2*19-15-5-17(21)16(20)4-14(15)13-2-1-12(3-18(13)22)23-6-10-8-24-9-11(10)7-23/h5-6,10-11,16H,2-4,7-8,22H2,1H3;2*4-5,8-9,12-13,18H,1-3,6-7,22H2/t10-,11?,16-;2*12-,13?,18-/m000/s1. The zero-order valence-electron chi connectivity index (χ0n) is 40.2. The lowest BCUT2D eigenvalue weighted by Gasteiger charge is -2.38. The van der Waals surface area contributed by atoms with Crippen LogP contribution in [0.15, 0.2) is 68.5 Å². The lowest BCUT2D eigenvalue weighted by atomic mass is 9.77. The number of hydrogen-bond acceptors (Lipinski definition) is 10. The number of aryl methyl sites for hydroxylation is 1. The molecular formula is C54H58F9N7O2S. The van der Waals surface area contributed by atoms with Crippen molar-refractivity contribution >= 4 is 11.3 Å². The molecule has 0 amide bonds. The van der Waals surface area contributed by atoms with Crippen LogP contribution in [-0.4, -0.2) is 55.9 Å². The summed E-state index contributed by atoms with van der Waals surface area (Å²) >= 11 is 1.73. The Bertz CT molecular complexity index is 2760. The van der Waals surface area contributed by atoms with Gasteiger partial charge in [-0.25, -0.2) is 44.5 Å². The van der Waals surface area contributed by atoms with Gasteiger partial charge in [0.25, 0.3) is 0 Å². The molecule has 0 radical (unpaired) electrons. The summed E-state index contributed by atoms with van der Waals surface area (Å²) in [7, 11) is 0. The highest BCUT2D eigenvalue weighted by atomic mass is 32.1. The Hall–Kier alpha value is -5.02. The third-order valence-electron chi connectivity index (χ3n) is 16.2. The summed E-state index contributed by atoms with van der Waals surface area (Å²) in [6, 6.07) is 4.84. The van der Waals surface area contributed by atoms with Crippen LogP contribution >= 0.6 is 11.3 Å². The van der Waals surface area contributed by atoms with E-state index in [9.17, 15) is 39.5 Å². The molecule has 19 heteroatoms. The molecule has 6 aliphatic rings. The summed E-state index contributed by atoms with van der Waals surface area (Å²) < 4.78 is 133. The van der Waals surface area contributed by atoms with E-state index in [0.717, 1.165) is 88.1 Å². The van der Waals surface area contributed by atoms with Crippen LogP contribution in [0.1, 0.15) is 132 Å². The summed E-state index contributed by atoms with van der Waals surface area (Å²) in [5, 5.41) is 4.38. The van der Waals surface area contributed by atoms with Crippen molar-refractivity contribution in [1.82, 2.24) is 19.7 Å². The molecule has 3 aromatic heterocycles. The number of aromatic nitrogens is 1. The van der Waals surface area contributed by atoms with Crippen LogP contribution in [0.4, 0.5) is 39.5 Å². The minimum absolute atomic E-state index is 0.176. The lowest BCUT2D eigenvalue weighted by molar-refractivity contribution is 0.130. The number of hydrogen-bond donors (Lipinski definition) is 3. The highest BCUT2D eigenvalue weighted by Crippen LogP contribution is 2.42. The molecule has 0 saturated heterocycles. The van der Waals surface area contributed by atoms with E-state index in [1.165, 1.54) is 22.3 Å². The molecular weight excluding hydrogens is 982 g/mol. The molecule has 6 N–H and O–H groups in total. The van der Waals surface area contributed by atoms with Crippen LogP contribution in [0.25, 0.3) is 0 Å². The lowest BCUT2D eigenvalue weighted by Crippen LogP contribution is -2.44. The second-order valence-electron chi connectivity index (χ2n) is 20.7. The maximum atomic E-state index is 14.1. The van der Waals surface area contributed by atoms with Crippen molar-refractivity contribution in [3.05, 3.63) is 168 Å². The topological polar surface area (TPSA) is 127 Å². The second kappa shape index (κ2) is 21.3. The predicted molar refractivity (Wildman–Crippen MR) is 256 cm³/mol. The smallest absolute Gasteiger partial charge is 0.191 e. The summed E-state index contributed by atoms with van der Waals surface area (Å²) in [5.74, 6) is -7.93. The molecule has 12 rings (SSSR count). The van der Waals surface area contributed by atoms with Crippen LogP contribution < -0.4 is 17.2 Å². The van der Waals surface area contributed by atoms with E-state index in [0.29, 0.717) is 74.8 Å². The second-order valence-corrected chi connectivity index (χ2v) is 21.5. The molecule has 0 spiro atoms. The first-order chi connectivity index (χ1) is 35.0. The number of nitrogens with two attached hydrogens (primary N) is 3. The van der Waals surface area contributed by atoms with Gasteiger partial charge in [0, 0.05) is 123 Å². The van der Waals surface area contributed by atoms with Gasteiger partial charge < -0.3 is 26.0 Å². The number of rotatable bonds is 6. The molecule has 390 valence electrons. The van der Waals surface area contributed by atoms with Crippen molar-refractivity contribution < 1.29 is 48.3 Å². The van der Waals surface area contributed by atoms with Crippen LogP contribution in [0.2, 0.25) is 0 Å². The Morgan fingerprint density at radius 1 is 0.466 bits per heavy atom. The SMILES string of the molecule is Cc1nc2c(o1)CN([C@H]1CCC(c3cc(F)c(F)cc3F)[C@@H](N)C1)C2.N[C@H]1C[C@@H](N2Cc3cocc3C2)CCC1c1cc(F)c(F)cc1F.N[C@H]1C[C@@H](N2Cc3cscc3C2)CCC1c1cc(F)c(F)cc1F. The van der Waals surface area contributed by atoms with Gasteiger partial charge in [-0.2, -0.15) is 11.3 Å². The van der Waals surface area contributed by atoms with E-state index in [-0.39, 0.29) is 58.6 Å². The highest BCUT2D eigenvalue weighted by Gasteiger charge is 2.40. The van der Waals surface area contributed by atoms with E-state index in [2.05, 4.69) is 30.4 Å². The Balaban J connectivity index is 0.000000126. The summed E-state index contributed by atoms with van der Waals surface area (Å²) in [6.45, 7) is 6.84. The van der Waals surface area contributed by atoms with Crippen molar-refractivity contribution in [2.75, 3.05) is 0 Å². The van der Waals surface area contributed by atoms with Gasteiger partial charge in [0.1, 0.15) is 23.2 Å². The van der Waals surface area contributed by atoms with Gasteiger partial charge in [0.2, 0.25) is 0 Å². The average Bonchev–Trinajstić information content (AvgIpc) is 4.22. The van der Waals surface area contributed by atoms with Crippen LogP contribution in [0.5, 0.6) is 0 Å². The van der Waals surface area contributed by atoms with E-state index in [4.69, 9.17) is 26.0 Å². The minimum atomic E-state index is -1.17. The van der Waals surface area contributed by atoms with Gasteiger partial charge in [0.15, 0.2) is 40.8 Å². The fourth-order valence-corrected chi connectivity index (χ4v) is 13.2. The first-order valence-corrected chi connectivity index (χ1v) is 25.9. The van der Waals surface area contributed by atoms with Crippen molar-refractivity contribution in [3.8, 4) is 0 Å². The fourth-order valence-electron chi connectivity index (χ4n) is 12.4. The number of furan rings is 1. The van der Waals surface area contributed by atoms with Crippen molar-refractivity contribution in [3.63, 3.8) is 0 Å². The highest BCUT2D eigenvalue weighted by molar-refractivity contribution is 7.08. The molecule has 3 aliphatic carbocycles. The van der Waals surface area contributed by atoms with E-state index in [1.807, 2.05) is 6.92 Å². The Kier molecular flexibility index (Phi) is 15.0. The summed E-state index contributed by atoms with van der Waals surface area (Å²) in [6.07, 6.45) is 10.2. The quantitative estimate of drug-likeness (QED) is 0.110. The molecule has 3 aliphatic heterocycles. The molecule has 3 saturated carbocycles. The molecule has 6 aromatic rings. The molecule has 9 atom stereocenters. The van der Waals surface area contributed by atoms with E-state index in [1.54, 1.807) is 23.9 Å². The van der Waals surface area contributed by atoms with Gasteiger partial charge >= 0.3 is 0 Å². The number of oxazole rings is 1. The monoisotopic (exact) mass is 1040 g/mol. The molecule has 3 aromatic carbocycles. The van der Waals surface area contributed by atoms with Crippen molar-refractivity contribution in [2.45, 2.75) is 158 Å². The van der Waals surface area contributed by atoms with Crippen molar-refractivity contribution in [2.24, 2.45) is 17.2 Å². The third kappa shape index (κ3) is 10.8. The molecule has 9 nitrogen and oxygen atoms in total. The average molecular weight is 1040 g/mol. The summed E-state index contributed by atoms with van der Waals surface area (Å²) in [5.41, 5.74) is 25.6. The first-order valence-electron chi connectivity index (χ1n) is 24.9. The number of thiophene rings is 1. The maximum absolute atomic E-state index is 14.1. The number of nitrogens with zero attached hydrogens (tertiary/aromatic N) is 4. The van der Waals surface area contributed by atoms with Crippen LogP contribution in [-0.2, 0) is 39.3 Å². The summed E-state index contributed by atoms with van der Waals surface area (Å²) in [4.78, 5) is 11.4. The van der Waals surface area contributed by atoms with Crippen LogP contribution in [0, 0.1) is 59.3 Å². The largest absolute Gasteiger partial charge is 0.472 e. The molecule has 3 fully saturated rings. The first kappa shape index (κ1) is 51.5. The Morgan fingerprint density at radius 3 is 1.19 bits per heavy atom. The third-order valence-corrected chi connectivity index (χ3v) is 17.1. The zero-order valence-corrected chi connectivity index (χ0v) is 41.0. The number of fused-ring (bicyclic) bond motifs is 3. The maximum Gasteiger partial charge on any atom is 0.191 e. The van der Waals surface area contributed by atoms with Crippen LogP contribution in [0.3, 0.4) is 0 Å². The normalized spacial score (nSPS) is 27.2. The van der Waals surface area contributed by atoms with Gasteiger partial charge in [0.05, 0.1) is 24.8 Å². The molecule has 6 heterocycles. The molecule has 73 heavy (non-hydrogen) atoms. The fraction of sp³-hybridized carbons (Fsp3) is 0.463. The molecule has 0 bridgehead atoms. The van der Waals surface area contributed by atoms with Crippen molar-refractivity contribution in [1.29, 1.82) is 0 Å². The zero-order chi connectivity index (χ0) is 51.4.